The van der Waals surface area contributed by atoms with Crippen LogP contribution in [0, 0.1) is 5.41 Å². The van der Waals surface area contributed by atoms with Gasteiger partial charge in [-0.25, -0.2) is 0 Å². The summed E-state index contributed by atoms with van der Waals surface area (Å²) in [5, 5.41) is 3.36. The molecular weight excluding hydrogens is 497 g/mol. The van der Waals surface area contributed by atoms with Crippen molar-refractivity contribution in [2.75, 3.05) is 53.4 Å². The fraction of sp³-hybridized carbons (Fsp3) is 0.667. The van der Waals surface area contributed by atoms with E-state index in [1.807, 2.05) is 25.9 Å². The Balaban J connectivity index is 0.00000320. The van der Waals surface area contributed by atoms with E-state index in [1.54, 1.807) is 17.0 Å². The molecule has 8 nitrogen and oxygen atoms in total. The molecule has 1 aliphatic heterocycles. The van der Waals surface area contributed by atoms with E-state index in [4.69, 9.17) is 9.41 Å². The van der Waals surface area contributed by atoms with Crippen molar-refractivity contribution in [3.05, 3.63) is 24.2 Å². The molecule has 1 aromatic heterocycles. The van der Waals surface area contributed by atoms with Crippen molar-refractivity contribution >= 4 is 41.8 Å². The number of carbonyl (C=O) groups excluding carboxylic acids is 2. The van der Waals surface area contributed by atoms with Gasteiger partial charge in [-0.3, -0.25) is 14.6 Å². The summed E-state index contributed by atoms with van der Waals surface area (Å²) in [5.41, 5.74) is -0.374. The first-order valence-electron chi connectivity index (χ1n) is 10.5. The van der Waals surface area contributed by atoms with E-state index in [-0.39, 0.29) is 41.2 Å². The van der Waals surface area contributed by atoms with Gasteiger partial charge in [-0.15, -0.1) is 24.0 Å². The van der Waals surface area contributed by atoms with Gasteiger partial charge in [0, 0.05) is 46.8 Å². The summed E-state index contributed by atoms with van der Waals surface area (Å²) < 4.78 is 5.23. The van der Waals surface area contributed by atoms with Crippen LogP contribution >= 0.6 is 24.0 Å². The molecule has 2 amide bonds. The molecule has 0 bridgehead atoms. The second-order valence-electron chi connectivity index (χ2n) is 8.11. The molecule has 3 rings (SSSR count). The number of piperazine rings is 1. The Hall–Kier alpha value is -1.78. The predicted molar refractivity (Wildman–Crippen MR) is 127 cm³/mol. The summed E-state index contributed by atoms with van der Waals surface area (Å²) in [6.45, 7) is 5.96. The van der Waals surface area contributed by atoms with Crippen LogP contribution < -0.4 is 5.32 Å². The Kier molecular flexibility index (Phi) is 8.99. The van der Waals surface area contributed by atoms with Crippen LogP contribution in [0.1, 0.15) is 43.2 Å². The Bertz CT molecular complexity index is 721. The largest absolute Gasteiger partial charge is 0.459 e. The third kappa shape index (κ3) is 5.47. The summed E-state index contributed by atoms with van der Waals surface area (Å²) in [7, 11) is 3.65. The first-order valence-corrected chi connectivity index (χ1v) is 10.5. The second kappa shape index (κ2) is 11.0. The molecule has 9 heteroatoms. The monoisotopic (exact) mass is 531 g/mol. The molecule has 1 aliphatic carbocycles. The number of hydrogen-bond acceptors (Lipinski definition) is 4. The fourth-order valence-corrected chi connectivity index (χ4v) is 4.30. The topological polar surface area (TPSA) is 81.4 Å². The van der Waals surface area contributed by atoms with Crippen LogP contribution in [-0.2, 0) is 4.79 Å². The van der Waals surface area contributed by atoms with Gasteiger partial charge in [-0.05, 0) is 31.9 Å². The third-order valence-corrected chi connectivity index (χ3v) is 5.89. The number of amides is 2. The number of carbonyl (C=O) groups is 2. The van der Waals surface area contributed by atoms with Gasteiger partial charge in [0.2, 0.25) is 5.91 Å². The van der Waals surface area contributed by atoms with Gasteiger partial charge in [-0.2, -0.15) is 0 Å². The highest BCUT2D eigenvalue weighted by molar-refractivity contribution is 14.0. The summed E-state index contributed by atoms with van der Waals surface area (Å²) in [6, 6.07) is 3.43. The zero-order valence-corrected chi connectivity index (χ0v) is 20.6. The molecule has 1 N–H and O–H groups in total. The minimum atomic E-state index is -0.374. The lowest BCUT2D eigenvalue weighted by molar-refractivity contribution is -0.138. The average molecular weight is 531 g/mol. The van der Waals surface area contributed by atoms with Crippen molar-refractivity contribution in [2.24, 2.45) is 10.4 Å². The summed E-state index contributed by atoms with van der Waals surface area (Å²) in [4.78, 5) is 35.9. The maximum absolute atomic E-state index is 12.8. The smallest absolute Gasteiger partial charge is 0.289 e. The molecule has 30 heavy (non-hydrogen) atoms. The van der Waals surface area contributed by atoms with Crippen molar-refractivity contribution in [3.63, 3.8) is 0 Å². The standard InChI is InChI=1S/C21H33N5O3.HI/c1-4-22-20(23-16-21(9-5-6-10-21)19(28)24(2)3)26-13-11-25(12-14-26)18(27)17-8-7-15-29-17;/h7-8,15H,4-6,9-14,16H2,1-3H3,(H,22,23);1H. The summed E-state index contributed by atoms with van der Waals surface area (Å²) in [5.74, 6) is 1.32. The predicted octanol–water partition coefficient (Wildman–Crippen LogP) is 2.27. The number of furan rings is 1. The van der Waals surface area contributed by atoms with E-state index in [1.165, 1.54) is 6.26 Å². The molecule has 168 valence electrons. The van der Waals surface area contributed by atoms with Crippen molar-refractivity contribution in [3.8, 4) is 0 Å². The highest BCUT2D eigenvalue weighted by Crippen LogP contribution is 2.39. The normalized spacial score (nSPS) is 18.7. The van der Waals surface area contributed by atoms with Gasteiger partial charge in [0.05, 0.1) is 18.2 Å². The number of halogens is 1. The van der Waals surface area contributed by atoms with Gasteiger partial charge in [-0.1, -0.05) is 12.8 Å². The second-order valence-corrected chi connectivity index (χ2v) is 8.11. The van der Waals surface area contributed by atoms with Gasteiger partial charge in [0.15, 0.2) is 11.7 Å². The number of rotatable bonds is 5. The van der Waals surface area contributed by atoms with E-state index in [9.17, 15) is 9.59 Å². The lowest BCUT2D eigenvalue weighted by Gasteiger charge is -2.37. The highest BCUT2D eigenvalue weighted by atomic mass is 127. The Morgan fingerprint density at radius 3 is 2.33 bits per heavy atom. The van der Waals surface area contributed by atoms with Crippen LogP contribution in [0.2, 0.25) is 0 Å². The van der Waals surface area contributed by atoms with Crippen LogP contribution in [0.25, 0.3) is 0 Å². The molecule has 0 aromatic carbocycles. The van der Waals surface area contributed by atoms with Gasteiger partial charge < -0.3 is 24.4 Å². The van der Waals surface area contributed by atoms with Crippen molar-refractivity contribution < 1.29 is 14.0 Å². The molecular formula is C21H34IN5O3. The molecule has 2 aliphatic rings. The van der Waals surface area contributed by atoms with E-state index < -0.39 is 0 Å². The molecule has 2 heterocycles. The first kappa shape index (κ1) is 24.5. The number of guanidine groups is 1. The van der Waals surface area contributed by atoms with Crippen LogP contribution in [0.3, 0.4) is 0 Å². The van der Waals surface area contributed by atoms with Gasteiger partial charge in [0.25, 0.3) is 5.91 Å². The summed E-state index contributed by atoms with van der Waals surface area (Å²) in [6.07, 6.45) is 5.49. The van der Waals surface area contributed by atoms with E-state index in [0.717, 1.165) is 38.2 Å². The Labute approximate surface area is 196 Å². The molecule has 2 fully saturated rings. The van der Waals surface area contributed by atoms with Gasteiger partial charge in [0.1, 0.15) is 0 Å². The molecule has 1 aromatic rings. The van der Waals surface area contributed by atoms with Crippen molar-refractivity contribution in [1.82, 2.24) is 20.0 Å². The quantitative estimate of drug-likeness (QED) is 0.358. The number of aliphatic imine (C=N–C) groups is 1. The molecule has 0 spiro atoms. The zero-order chi connectivity index (χ0) is 20.9. The maximum atomic E-state index is 12.8. The van der Waals surface area contributed by atoms with E-state index in [0.29, 0.717) is 38.5 Å². The lowest BCUT2D eigenvalue weighted by Crippen LogP contribution is -2.54. The molecule has 1 saturated heterocycles. The van der Waals surface area contributed by atoms with Crippen LogP contribution in [0.15, 0.2) is 27.8 Å². The SMILES string of the molecule is CCNC(=NCC1(C(=O)N(C)C)CCCC1)N1CCN(C(=O)c2ccco2)CC1.I. The lowest BCUT2D eigenvalue weighted by atomic mass is 9.85. The Morgan fingerprint density at radius 1 is 1.17 bits per heavy atom. The summed E-state index contributed by atoms with van der Waals surface area (Å²) >= 11 is 0. The Morgan fingerprint density at radius 2 is 1.80 bits per heavy atom. The molecule has 0 radical (unpaired) electrons. The highest BCUT2D eigenvalue weighted by Gasteiger charge is 2.42. The fourth-order valence-electron chi connectivity index (χ4n) is 4.30. The minimum absolute atomic E-state index is 0. The van der Waals surface area contributed by atoms with E-state index >= 15 is 0 Å². The molecule has 0 unspecified atom stereocenters. The third-order valence-electron chi connectivity index (χ3n) is 5.89. The molecule has 0 atom stereocenters. The molecule has 1 saturated carbocycles. The maximum Gasteiger partial charge on any atom is 0.289 e. The van der Waals surface area contributed by atoms with Crippen molar-refractivity contribution in [1.29, 1.82) is 0 Å². The first-order chi connectivity index (χ1) is 14.0. The number of nitrogens with one attached hydrogen (secondary N) is 1. The van der Waals surface area contributed by atoms with Gasteiger partial charge >= 0.3 is 0 Å². The average Bonchev–Trinajstić information content (AvgIpc) is 3.43. The van der Waals surface area contributed by atoms with E-state index in [2.05, 4.69) is 10.2 Å². The minimum Gasteiger partial charge on any atom is -0.459 e. The number of nitrogens with zero attached hydrogens (tertiary/aromatic N) is 4. The van der Waals surface area contributed by atoms with Crippen molar-refractivity contribution in [2.45, 2.75) is 32.6 Å². The zero-order valence-electron chi connectivity index (χ0n) is 18.2. The van der Waals surface area contributed by atoms with Crippen LogP contribution in [0.5, 0.6) is 0 Å². The van der Waals surface area contributed by atoms with Crippen LogP contribution in [0.4, 0.5) is 0 Å². The van der Waals surface area contributed by atoms with Crippen LogP contribution in [-0.4, -0.2) is 85.8 Å². The number of hydrogen-bond donors (Lipinski definition) is 1.